The van der Waals surface area contributed by atoms with Gasteiger partial charge in [0.1, 0.15) is 0 Å². The zero-order chi connectivity index (χ0) is 14.6. The van der Waals surface area contributed by atoms with Crippen molar-refractivity contribution in [3.05, 3.63) is 56.8 Å². The van der Waals surface area contributed by atoms with Gasteiger partial charge in [-0.2, -0.15) is 0 Å². The van der Waals surface area contributed by atoms with Gasteiger partial charge in [0, 0.05) is 0 Å². The summed E-state index contributed by atoms with van der Waals surface area (Å²) in [6, 6.07) is 0. The van der Waals surface area contributed by atoms with E-state index in [-0.39, 0.29) is 17.7 Å². The molecule has 1 heterocycles. The molecule has 1 rings (SSSR count). The van der Waals surface area contributed by atoms with E-state index in [4.69, 9.17) is 0 Å². The standard InChI is InChI=1S/C11H13N3O5/c1-4-6-12-8(15)13(7-5-2)10(17)14(9(12)16)11(18)19-3/h4-5H,1-2,6-7H2,3H3. The average molecular weight is 267 g/mol. The Kier molecular flexibility index (Phi) is 4.41. The van der Waals surface area contributed by atoms with Gasteiger partial charge in [0.05, 0.1) is 20.2 Å². The number of hydrogen-bond donors (Lipinski definition) is 0. The zero-order valence-electron chi connectivity index (χ0n) is 10.4. The molecule has 8 nitrogen and oxygen atoms in total. The second-order valence-electron chi connectivity index (χ2n) is 3.45. The fourth-order valence-corrected chi connectivity index (χ4v) is 1.45. The van der Waals surface area contributed by atoms with Gasteiger partial charge in [-0.3, -0.25) is 0 Å². The highest BCUT2D eigenvalue weighted by Gasteiger charge is 2.19. The van der Waals surface area contributed by atoms with Crippen molar-refractivity contribution in [1.82, 2.24) is 13.7 Å². The van der Waals surface area contributed by atoms with E-state index in [1.54, 1.807) is 0 Å². The summed E-state index contributed by atoms with van der Waals surface area (Å²) >= 11 is 0. The first kappa shape index (κ1) is 14.4. The van der Waals surface area contributed by atoms with Crippen molar-refractivity contribution < 1.29 is 9.53 Å². The fourth-order valence-electron chi connectivity index (χ4n) is 1.45. The molecule has 0 unspecified atom stereocenters. The van der Waals surface area contributed by atoms with Gasteiger partial charge in [0.2, 0.25) is 0 Å². The van der Waals surface area contributed by atoms with Gasteiger partial charge >= 0.3 is 23.2 Å². The van der Waals surface area contributed by atoms with E-state index in [0.29, 0.717) is 9.13 Å². The first-order chi connectivity index (χ1) is 8.99. The van der Waals surface area contributed by atoms with Gasteiger partial charge in [-0.25, -0.2) is 28.3 Å². The average Bonchev–Trinajstić information content (AvgIpc) is 2.39. The van der Waals surface area contributed by atoms with Crippen LogP contribution in [-0.2, 0) is 17.8 Å². The minimum absolute atomic E-state index is 0.133. The van der Waals surface area contributed by atoms with Crippen LogP contribution in [-0.4, -0.2) is 26.9 Å². The maximum atomic E-state index is 11.9. The summed E-state index contributed by atoms with van der Waals surface area (Å²) in [6.07, 6.45) is 1.44. The molecule has 0 amide bonds. The molecule has 0 aromatic carbocycles. The maximum Gasteiger partial charge on any atom is 0.426 e. The maximum absolute atomic E-state index is 11.9. The minimum atomic E-state index is -1.16. The van der Waals surface area contributed by atoms with Crippen molar-refractivity contribution in [2.24, 2.45) is 0 Å². The van der Waals surface area contributed by atoms with Crippen LogP contribution in [0.2, 0.25) is 0 Å². The van der Waals surface area contributed by atoms with Crippen LogP contribution < -0.4 is 17.1 Å². The molecular weight excluding hydrogens is 254 g/mol. The van der Waals surface area contributed by atoms with E-state index < -0.39 is 23.2 Å². The summed E-state index contributed by atoms with van der Waals surface area (Å²) in [6.45, 7) is 6.53. The molecule has 0 N–H and O–H groups in total. The predicted molar refractivity (Wildman–Crippen MR) is 67.4 cm³/mol. The minimum Gasteiger partial charge on any atom is -0.452 e. The van der Waals surface area contributed by atoms with Crippen LogP contribution in [0.1, 0.15) is 0 Å². The van der Waals surface area contributed by atoms with Crippen molar-refractivity contribution in [2.45, 2.75) is 13.1 Å². The Balaban J connectivity index is 3.84. The molecule has 0 saturated carbocycles. The van der Waals surface area contributed by atoms with Crippen LogP contribution in [0.5, 0.6) is 0 Å². The SMILES string of the molecule is C=CCn1c(=O)n(CC=C)c(=O)n(C(=O)OC)c1=O. The Hall–Kier alpha value is -2.64. The second-order valence-corrected chi connectivity index (χ2v) is 3.45. The lowest BCUT2D eigenvalue weighted by Gasteiger charge is -2.09. The van der Waals surface area contributed by atoms with Crippen molar-refractivity contribution in [1.29, 1.82) is 0 Å². The van der Waals surface area contributed by atoms with Crippen molar-refractivity contribution in [3.8, 4) is 0 Å². The number of carbonyl (C=O) groups excluding carboxylic acids is 1. The predicted octanol–water partition coefficient (Wildman–Crippen LogP) is -0.842. The van der Waals surface area contributed by atoms with Crippen LogP contribution in [0.25, 0.3) is 0 Å². The lowest BCUT2D eigenvalue weighted by molar-refractivity contribution is 0.168. The molecule has 1 aromatic rings. The van der Waals surface area contributed by atoms with E-state index in [1.165, 1.54) is 12.2 Å². The normalized spacial score (nSPS) is 9.95. The van der Waals surface area contributed by atoms with Crippen molar-refractivity contribution in [2.75, 3.05) is 7.11 Å². The lowest BCUT2D eigenvalue weighted by Crippen LogP contribution is -2.56. The number of aromatic nitrogens is 3. The number of nitrogens with zero attached hydrogens (tertiary/aromatic N) is 3. The third kappa shape index (κ3) is 2.46. The van der Waals surface area contributed by atoms with Gasteiger partial charge in [-0.1, -0.05) is 12.2 Å². The highest BCUT2D eigenvalue weighted by atomic mass is 16.5. The number of rotatable bonds is 4. The Bertz CT molecular complexity index is 644. The third-order valence-electron chi connectivity index (χ3n) is 2.29. The van der Waals surface area contributed by atoms with E-state index in [2.05, 4.69) is 17.9 Å². The molecule has 0 bridgehead atoms. The topological polar surface area (TPSA) is 92.3 Å². The van der Waals surface area contributed by atoms with E-state index in [9.17, 15) is 19.2 Å². The lowest BCUT2D eigenvalue weighted by atomic mass is 10.5. The summed E-state index contributed by atoms with van der Waals surface area (Å²) in [5.74, 6) is 0. The molecular formula is C11H13N3O5. The highest BCUT2D eigenvalue weighted by molar-refractivity contribution is 5.69. The van der Waals surface area contributed by atoms with E-state index in [0.717, 1.165) is 7.11 Å². The quantitative estimate of drug-likeness (QED) is 0.663. The Morgan fingerprint density at radius 1 is 1.05 bits per heavy atom. The molecule has 0 aliphatic carbocycles. The van der Waals surface area contributed by atoms with Crippen LogP contribution in [0.4, 0.5) is 4.79 Å². The molecule has 0 aliphatic rings. The molecule has 1 aromatic heterocycles. The van der Waals surface area contributed by atoms with Crippen LogP contribution in [0, 0.1) is 0 Å². The van der Waals surface area contributed by atoms with Gasteiger partial charge in [-0.15, -0.1) is 17.7 Å². The number of carbonyl (C=O) groups is 1. The molecule has 0 spiro atoms. The second kappa shape index (κ2) is 5.80. The van der Waals surface area contributed by atoms with Gasteiger partial charge in [0.25, 0.3) is 0 Å². The molecule has 0 atom stereocenters. The molecule has 0 fully saturated rings. The largest absolute Gasteiger partial charge is 0.452 e. The molecule has 0 radical (unpaired) electrons. The van der Waals surface area contributed by atoms with Gasteiger partial charge < -0.3 is 4.74 Å². The first-order valence-corrected chi connectivity index (χ1v) is 5.26. The third-order valence-corrected chi connectivity index (χ3v) is 2.29. The fraction of sp³-hybridized carbons (Fsp3) is 0.273. The number of hydrogen-bond acceptors (Lipinski definition) is 5. The van der Waals surface area contributed by atoms with E-state index in [1.807, 2.05) is 0 Å². The summed E-state index contributed by atoms with van der Waals surface area (Å²) in [5, 5.41) is 0. The number of methoxy groups -OCH3 is 1. The molecule has 102 valence electrons. The number of ether oxygens (including phenoxy) is 1. The summed E-state index contributed by atoms with van der Waals surface area (Å²) < 4.78 is 6.00. The van der Waals surface area contributed by atoms with Crippen molar-refractivity contribution >= 4 is 6.09 Å². The first-order valence-electron chi connectivity index (χ1n) is 5.26. The van der Waals surface area contributed by atoms with Crippen molar-refractivity contribution in [3.63, 3.8) is 0 Å². The molecule has 0 saturated heterocycles. The summed E-state index contributed by atoms with van der Waals surface area (Å²) in [7, 11) is 1.02. The smallest absolute Gasteiger partial charge is 0.426 e. The molecule has 0 aliphatic heterocycles. The van der Waals surface area contributed by atoms with Gasteiger partial charge in [-0.05, 0) is 0 Å². The highest BCUT2D eigenvalue weighted by Crippen LogP contribution is 1.81. The Morgan fingerprint density at radius 3 is 1.79 bits per heavy atom. The zero-order valence-corrected chi connectivity index (χ0v) is 10.4. The Morgan fingerprint density at radius 2 is 1.47 bits per heavy atom. The van der Waals surface area contributed by atoms with Crippen LogP contribution in [0.15, 0.2) is 39.7 Å². The molecule has 19 heavy (non-hydrogen) atoms. The summed E-state index contributed by atoms with van der Waals surface area (Å²) in [5.41, 5.74) is -2.97. The van der Waals surface area contributed by atoms with Crippen LogP contribution >= 0.6 is 0 Å². The van der Waals surface area contributed by atoms with E-state index >= 15 is 0 Å². The van der Waals surface area contributed by atoms with Gasteiger partial charge in [0.15, 0.2) is 0 Å². The molecule has 8 heteroatoms. The number of allylic oxidation sites excluding steroid dienone is 2. The van der Waals surface area contributed by atoms with Crippen LogP contribution in [0.3, 0.4) is 0 Å². The summed E-state index contributed by atoms with van der Waals surface area (Å²) in [4.78, 5) is 47.1. The Labute approximate surface area is 107 Å². The monoisotopic (exact) mass is 267 g/mol.